The van der Waals surface area contributed by atoms with Crippen molar-refractivity contribution in [1.29, 1.82) is 0 Å². The number of benzene rings is 1. The van der Waals surface area contributed by atoms with Crippen molar-refractivity contribution in [2.75, 3.05) is 7.11 Å². The van der Waals surface area contributed by atoms with Gasteiger partial charge in [0.05, 0.1) is 18.4 Å². The molecule has 1 N–H and O–H groups in total. The summed E-state index contributed by atoms with van der Waals surface area (Å²) in [5, 5.41) is 0. The summed E-state index contributed by atoms with van der Waals surface area (Å²) in [5.41, 5.74) is 2.10. The second-order valence-electron chi connectivity index (χ2n) is 5.10. The Balaban J connectivity index is 3.36. The van der Waals surface area contributed by atoms with Crippen molar-refractivity contribution in [3.63, 3.8) is 0 Å². The minimum atomic E-state index is -1.94. The molecule has 0 fully saturated rings. The molecule has 0 heterocycles. The Hall–Kier alpha value is -1.20. The van der Waals surface area contributed by atoms with Crippen LogP contribution in [0.15, 0.2) is 18.2 Å². The van der Waals surface area contributed by atoms with E-state index in [9.17, 15) is 13.6 Å². The molecular formula is C15H22O4S. The molecule has 0 aliphatic rings. The van der Waals surface area contributed by atoms with Crippen LogP contribution in [0, 0.1) is 0 Å². The van der Waals surface area contributed by atoms with E-state index in [-0.39, 0.29) is 11.2 Å². The number of carbonyl (C=O) groups excluding carboxylic acids is 1. The predicted octanol–water partition coefficient (Wildman–Crippen LogP) is 3.27. The average Bonchev–Trinajstić information content (AvgIpc) is 2.44. The average molecular weight is 298 g/mol. The Morgan fingerprint density at radius 2 is 1.95 bits per heavy atom. The lowest BCUT2D eigenvalue weighted by Crippen LogP contribution is -2.22. The van der Waals surface area contributed by atoms with Crippen LogP contribution >= 0.6 is 0 Å². The van der Waals surface area contributed by atoms with Gasteiger partial charge in [0.2, 0.25) is 0 Å². The van der Waals surface area contributed by atoms with E-state index in [0.29, 0.717) is 5.56 Å². The maximum atomic E-state index is 11.6. The monoisotopic (exact) mass is 298 g/mol. The highest BCUT2D eigenvalue weighted by atomic mass is 32.2. The Kier molecular flexibility index (Phi) is 5.89. The van der Waals surface area contributed by atoms with E-state index in [2.05, 4.69) is 20.8 Å². The molecule has 112 valence electrons. The number of esters is 1. The molecule has 0 bridgehead atoms. The summed E-state index contributed by atoms with van der Waals surface area (Å²) in [7, 11) is 1.32. The normalized spacial score (nSPS) is 13.1. The maximum absolute atomic E-state index is 11.6. The van der Waals surface area contributed by atoms with Crippen molar-refractivity contribution in [2.45, 2.75) is 44.8 Å². The van der Waals surface area contributed by atoms with Gasteiger partial charge in [0, 0.05) is 0 Å². The Labute approximate surface area is 122 Å². The molecule has 0 aliphatic carbocycles. The first-order valence-electron chi connectivity index (χ1n) is 6.67. The van der Waals surface area contributed by atoms with E-state index < -0.39 is 17.0 Å². The van der Waals surface area contributed by atoms with Crippen molar-refractivity contribution < 1.29 is 18.3 Å². The highest BCUT2D eigenvalue weighted by Gasteiger charge is 2.26. The molecule has 0 radical (unpaired) electrons. The first kappa shape index (κ1) is 16.9. The zero-order valence-corrected chi connectivity index (χ0v) is 13.3. The van der Waals surface area contributed by atoms with Crippen LogP contribution in [0.2, 0.25) is 0 Å². The van der Waals surface area contributed by atoms with Gasteiger partial charge in [-0.25, -0.2) is 9.00 Å². The zero-order valence-electron chi connectivity index (χ0n) is 12.4. The fourth-order valence-corrected chi connectivity index (χ4v) is 2.82. The van der Waals surface area contributed by atoms with Crippen molar-refractivity contribution in [3.05, 3.63) is 34.9 Å². The van der Waals surface area contributed by atoms with Gasteiger partial charge in [-0.1, -0.05) is 26.8 Å². The highest BCUT2D eigenvalue weighted by molar-refractivity contribution is 7.78. The highest BCUT2D eigenvalue weighted by Crippen LogP contribution is 2.34. The lowest BCUT2D eigenvalue weighted by atomic mass is 9.75. The van der Waals surface area contributed by atoms with E-state index in [1.54, 1.807) is 12.1 Å². The second-order valence-corrected chi connectivity index (χ2v) is 6.03. The molecule has 0 saturated carbocycles. The Bertz CT molecular complexity index is 507. The molecular weight excluding hydrogens is 276 g/mol. The number of ether oxygens (including phenoxy) is 1. The van der Waals surface area contributed by atoms with Gasteiger partial charge in [-0.3, -0.25) is 0 Å². The molecule has 0 amide bonds. The molecule has 1 unspecified atom stereocenters. The minimum Gasteiger partial charge on any atom is -0.465 e. The van der Waals surface area contributed by atoms with Crippen molar-refractivity contribution in [1.82, 2.24) is 0 Å². The van der Waals surface area contributed by atoms with Crippen molar-refractivity contribution in [3.8, 4) is 0 Å². The van der Waals surface area contributed by atoms with Gasteiger partial charge in [-0.05, 0) is 41.5 Å². The van der Waals surface area contributed by atoms with E-state index in [0.717, 1.165) is 24.0 Å². The number of rotatable bonds is 6. The number of hydrogen-bond acceptors (Lipinski definition) is 3. The van der Waals surface area contributed by atoms with E-state index in [1.807, 2.05) is 6.07 Å². The summed E-state index contributed by atoms with van der Waals surface area (Å²) in [6.45, 7) is 6.32. The topological polar surface area (TPSA) is 63.6 Å². The molecule has 0 aromatic heterocycles. The van der Waals surface area contributed by atoms with Crippen molar-refractivity contribution >= 4 is 17.0 Å². The summed E-state index contributed by atoms with van der Waals surface area (Å²) < 4.78 is 25.1. The van der Waals surface area contributed by atoms with Crippen LogP contribution in [0.25, 0.3) is 0 Å². The summed E-state index contributed by atoms with van der Waals surface area (Å²) in [5.74, 6) is -0.410. The molecule has 20 heavy (non-hydrogen) atoms. The van der Waals surface area contributed by atoms with Crippen LogP contribution in [0.5, 0.6) is 0 Å². The van der Waals surface area contributed by atoms with Gasteiger partial charge in [0.25, 0.3) is 0 Å². The van der Waals surface area contributed by atoms with E-state index >= 15 is 0 Å². The van der Waals surface area contributed by atoms with Crippen molar-refractivity contribution in [2.24, 2.45) is 0 Å². The van der Waals surface area contributed by atoms with Gasteiger partial charge in [-0.15, -0.1) is 0 Å². The molecule has 4 nitrogen and oxygen atoms in total. The third-order valence-corrected chi connectivity index (χ3v) is 4.57. The predicted molar refractivity (Wildman–Crippen MR) is 80.2 cm³/mol. The van der Waals surface area contributed by atoms with Gasteiger partial charge in [0.15, 0.2) is 11.1 Å². The standard InChI is InChI=1S/C15H22O4S/c1-5-15(3,6-2)13-8-7-11(14(16)19-4)9-12(13)10-20(17)18/h7-9H,5-6,10H2,1-4H3,(H,17,18). The maximum Gasteiger partial charge on any atom is 0.337 e. The van der Waals surface area contributed by atoms with Crippen LogP contribution in [-0.4, -0.2) is 21.8 Å². The molecule has 0 aliphatic heterocycles. The fourth-order valence-electron chi connectivity index (χ4n) is 2.31. The van der Waals surface area contributed by atoms with Gasteiger partial charge >= 0.3 is 5.97 Å². The molecule has 0 saturated heterocycles. The first-order chi connectivity index (χ1) is 9.37. The molecule has 1 aromatic carbocycles. The summed E-state index contributed by atoms with van der Waals surface area (Å²) in [4.78, 5) is 11.6. The Morgan fingerprint density at radius 1 is 1.35 bits per heavy atom. The lowest BCUT2D eigenvalue weighted by molar-refractivity contribution is 0.0600. The number of methoxy groups -OCH3 is 1. The number of carbonyl (C=O) groups is 1. The third-order valence-electron chi connectivity index (χ3n) is 4.02. The Morgan fingerprint density at radius 3 is 2.40 bits per heavy atom. The fraction of sp³-hybridized carbons (Fsp3) is 0.533. The second kappa shape index (κ2) is 6.99. The first-order valence-corrected chi connectivity index (χ1v) is 7.94. The SMILES string of the molecule is CCC(C)(CC)c1ccc(C(=O)OC)cc1CS(=O)O. The van der Waals surface area contributed by atoms with Crippen LogP contribution in [0.1, 0.15) is 55.1 Å². The minimum absolute atomic E-state index is 0.0236. The zero-order chi connectivity index (χ0) is 15.3. The van der Waals surface area contributed by atoms with Crippen LogP contribution in [0.3, 0.4) is 0 Å². The van der Waals surface area contributed by atoms with Gasteiger partial charge in [-0.2, -0.15) is 0 Å². The summed E-state index contributed by atoms with van der Waals surface area (Å²) in [6.07, 6.45) is 1.85. The summed E-state index contributed by atoms with van der Waals surface area (Å²) in [6, 6.07) is 5.26. The molecule has 5 heteroatoms. The number of hydrogen-bond donors (Lipinski definition) is 1. The van der Waals surface area contributed by atoms with Crippen LogP contribution in [-0.2, 0) is 27.0 Å². The van der Waals surface area contributed by atoms with Gasteiger partial charge < -0.3 is 9.29 Å². The van der Waals surface area contributed by atoms with Gasteiger partial charge in [0.1, 0.15) is 0 Å². The molecule has 1 atom stereocenters. The molecule has 0 spiro atoms. The largest absolute Gasteiger partial charge is 0.465 e. The molecule has 1 rings (SSSR count). The third kappa shape index (κ3) is 3.67. The lowest BCUT2D eigenvalue weighted by Gasteiger charge is -2.30. The molecule has 1 aromatic rings. The van der Waals surface area contributed by atoms with E-state index in [1.165, 1.54) is 7.11 Å². The smallest absolute Gasteiger partial charge is 0.337 e. The summed E-state index contributed by atoms with van der Waals surface area (Å²) >= 11 is -1.94. The quantitative estimate of drug-likeness (QED) is 0.646. The van der Waals surface area contributed by atoms with E-state index in [4.69, 9.17) is 4.74 Å². The van der Waals surface area contributed by atoms with Crippen LogP contribution < -0.4 is 0 Å². The van der Waals surface area contributed by atoms with Crippen LogP contribution in [0.4, 0.5) is 0 Å².